The van der Waals surface area contributed by atoms with Crippen molar-refractivity contribution in [1.82, 2.24) is 4.90 Å². The number of hydrogen-bond donors (Lipinski definition) is 1. The van der Waals surface area contributed by atoms with Crippen LogP contribution in [0.2, 0.25) is 0 Å². The summed E-state index contributed by atoms with van der Waals surface area (Å²) in [5.74, 6) is 0.554. The van der Waals surface area contributed by atoms with Crippen LogP contribution in [-0.2, 0) is 9.53 Å². The molecule has 0 radical (unpaired) electrons. The molecule has 0 fully saturated rings. The minimum absolute atomic E-state index is 0.0250. The maximum absolute atomic E-state index is 11.4. The molecule has 1 N–H and O–H groups in total. The molecule has 1 heterocycles. The molecule has 1 amide bonds. The standard InChI is InChI=1S/C10H14N2O2/c1-3-4-9-8(7-11)12(2)10(13)5-6-14-9/h3-4,7,11H,5-6H2,1-2H3/b4-3-,11-7?. The molecule has 0 saturated heterocycles. The van der Waals surface area contributed by atoms with Gasteiger partial charge in [0, 0.05) is 13.3 Å². The molecular formula is C10H14N2O2. The van der Waals surface area contributed by atoms with E-state index in [2.05, 4.69) is 0 Å². The Morgan fingerprint density at radius 3 is 2.86 bits per heavy atom. The maximum atomic E-state index is 11.4. The van der Waals surface area contributed by atoms with E-state index in [1.165, 1.54) is 4.90 Å². The van der Waals surface area contributed by atoms with Gasteiger partial charge in [0.05, 0.1) is 13.0 Å². The molecular weight excluding hydrogens is 180 g/mol. The highest BCUT2D eigenvalue weighted by Gasteiger charge is 2.19. The molecule has 1 aliphatic heterocycles. The van der Waals surface area contributed by atoms with Crippen LogP contribution in [0.5, 0.6) is 0 Å². The van der Waals surface area contributed by atoms with Crippen molar-refractivity contribution in [2.75, 3.05) is 13.7 Å². The van der Waals surface area contributed by atoms with Crippen molar-refractivity contribution in [3.8, 4) is 0 Å². The third-order valence-corrected chi connectivity index (χ3v) is 2.02. The van der Waals surface area contributed by atoms with Gasteiger partial charge >= 0.3 is 0 Å². The number of amides is 1. The molecule has 4 heteroatoms. The highest BCUT2D eigenvalue weighted by molar-refractivity contribution is 5.88. The van der Waals surface area contributed by atoms with Crippen LogP contribution >= 0.6 is 0 Å². The topological polar surface area (TPSA) is 53.4 Å². The van der Waals surface area contributed by atoms with Gasteiger partial charge in [-0.2, -0.15) is 0 Å². The van der Waals surface area contributed by atoms with Crippen LogP contribution in [-0.4, -0.2) is 30.7 Å². The molecule has 4 nitrogen and oxygen atoms in total. The number of allylic oxidation sites excluding steroid dienone is 3. The van der Waals surface area contributed by atoms with E-state index < -0.39 is 0 Å². The van der Waals surface area contributed by atoms with E-state index in [9.17, 15) is 4.79 Å². The van der Waals surface area contributed by atoms with Gasteiger partial charge < -0.3 is 15.0 Å². The number of nitrogens with zero attached hydrogens (tertiary/aromatic N) is 1. The van der Waals surface area contributed by atoms with Crippen molar-refractivity contribution >= 4 is 12.1 Å². The number of hydrogen-bond acceptors (Lipinski definition) is 3. The fraction of sp³-hybridized carbons (Fsp3) is 0.400. The lowest BCUT2D eigenvalue weighted by Crippen LogP contribution is -2.26. The van der Waals surface area contributed by atoms with Crippen molar-refractivity contribution in [3.63, 3.8) is 0 Å². The average Bonchev–Trinajstić information content (AvgIpc) is 2.29. The summed E-state index contributed by atoms with van der Waals surface area (Å²) < 4.78 is 5.37. The lowest BCUT2D eigenvalue weighted by molar-refractivity contribution is -0.127. The summed E-state index contributed by atoms with van der Waals surface area (Å²) in [6.07, 6.45) is 5.07. The van der Waals surface area contributed by atoms with Crippen LogP contribution in [0, 0.1) is 5.41 Å². The Morgan fingerprint density at radius 1 is 1.57 bits per heavy atom. The highest BCUT2D eigenvalue weighted by Crippen LogP contribution is 2.15. The number of carbonyl (C=O) groups excluding carboxylic acids is 1. The molecule has 0 bridgehead atoms. The molecule has 0 saturated carbocycles. The average molecular weight is 194 g/mol. The van der Waals surface area contributed by atoms with Gasteiger partial charge in [-0.25, -0.2) is 0 Å². The van der Waals surface area contributed by atoms with Crippen molar-refractivity contribution in [2.24, 2.45) is 0 Å². The Hall–Kier alpha value is -1.58. The van der Waals surface area contributed by atoms with Crippen LogP contribution in [0.4, 0.5) is 0 Å². The van der Waals surface area contributed by atoms with Crippen LogP contribution in [0.25, 0.3) is 0 Å². The SMILES string of the molecule is C/C=C\C1=C(C=N)N(C)C(=O)CCO1. The molecule has 76 valence electrons. The molecule has 0 spiro atoms. The third kappa shape index (κ3) is 2.02. The Kier molecular flexibility index (Phi) is 3.45. The molecule has 0 aromatic heterocycles. The zero-order valence-corrected chi connectivity index (χ0v) is 8.41. The van der Waals surface area contributed by atoms with E-state index in [1.807, 2.05) is 13.0 Å². The zero-order chi connectivity index (χ0) is 10.6. The summed E-state index contributed by atoms with van der Waals surface area (Å²) >= 11 is 0. The molecule has 14 heavy (non-hydrogen) atoms. The monoisotopic (exact) mass is 194 g/mol. The number of nitrogens with one attached hydrogen (secondary N) is 1. The lowest BCUT2D eigenvalue weighted by Gasteiger charge is -2.15. The normalized spacial score (nSPS) is 18.4. The van der Waals surface area contributed by atoms with E-state index in [1.54, 1.807) is 13.1 Å². The van der Waals surface area contributed by atoms with Crippen molar-refractivity contribution < 1.29 is 9.53 Å². The zero-order valence-electron chi connectivity index (χ0n) is 8.41. The van der Waals surface area contributed by atoms with Crippen molar-refractivity contribution in [1.29, 1.82) is 5.41 Å². The van der Waals surface area contributed by atoms with Gasteiger partial charge in [-0.3, -0.25) is 4.79 Å². The molecule has 0 aliphatic carbocycles. The summed E-state index contributed by atoms with van der Waals surface area (Å²) in [4.78, 5) is 12.9. The Balaban J connectivity index is 3.09. The van der Waals surface area contributed by atoms with E-state index in [-0.39, 0.29) is 5.91 Å². The maximum Gasteiger partial charge on any atom is 0.230 e. The summed E-state index contributed by atoms with van der Waals surface area (Å²) in [5, 5.41) is 7.23. The van der Waals surface area contributed by atoms with Crippen molar-refractivity contribution in [2.45, 2.75) is 13.3 Å². The van der Waals surface area contributed by atoms with Gasteiger partial charge in [0.1, 0.15) is 11.5 Å². The largest absolute Gasteiger partial charge is 0.491 e. The molecule has 1 aliphatic rings. The first kappa shape index (κ1) is 10.5. The van der Waals surface area contributed by atoms with E-state index >= 15 is 0 Å². The summed E-state index contributed by atoms with van der Waals surface area (Å²) in [5.41, 5.74) is 0.505. The second-order valence-electron chi connectivity index (χ2n) is 2.95. The number of ether oxygens (including phenoxy) is 1. The molecule has 0 aromatic rings. The van der Waals surface area contributed by atoms with Crippen LogP contribution < -0.4 is 0 Å². The van der Waals surface area contributed by atoms with Gasteiger partial charge in [0.25, 0.3) is 0 Å². The second kappa shape index (κ2) is 4.60. The lowest BCUT2D eigenvalue weighted by atomic mass is 10.3. The highest BCUT2D eigenvalue weighted by atomic mass is 16.5. The van der Waals surface area contributed by atoms with E-state index in [0.29, 0.717) is 24.5 Å². The quantitative estimate of drug-likeness (QED) is 0.674. The van der Waals surface area contributed by atoms with Crippen LogP contribution in [0.1, 0.15) is 13.3 Å². The fourth-order valence-corrected chi connectivity index (χ4v) is 1.24. The number of carbonyl (C=O) groups is 1. The minimum Gasteiger partial charge on any atom is -0.491 e. The first-order valence-corrected chi connectivity index (χ1v) is 4.47. The predicted octanol–water partition coefficient (Wildman–Crippen LogP) is 1.30. The van der Waals surface area contributed by atoms with Crippen LogP contribution in [0.3, 0.4) is 0 Å². The molecule has 0 atom stereocenters. The van der Waals surface area contributed by atoms with Gasteiger partial charge in [0.15, 0.2) is 0 Å². The number of rotatable bonds is 2. The summed E-state index contributed by atoms with van der Waals surface area (Å²) in [6, 6.07) is 0. The third-order valence-electron chi connectivity index (χ3n) is 2.02. The Bertz CT molecular complexity index is 305. The predicted molar refractivity (Wildman–Crippen MR) is 54.0 cm³/mol. The summed E-state index contributed by atoms with van der Waals surface area (Å²) in [7, 11) is 1.65. The van der Waals surface area contributed by atoms with E-state index in [0.717, 1.165) is 6.21 Å². The molecule has 0 unspecified atom stereocenters. The van der Waals surface area contributed by atoms with Crippen LogP contribution in [0.15, 0.2) is 23.6 Å². The van der Waals surface area contributed by atoms with E-state index in [4.69, 9.17) is 10.1 Å². The first-order valence-electron chi connectivity index (χ1n) is 4.47. The van der Waals surface area contributed by atoms with Gasteiger partial charge in [-0.15, -0.1) is 0 Å². The Morgan fingerprint density at radius 2 is 2.29 bits per heavy atom. The van der Waals surface area contributed by atoms with Gasteiger partial charge in [-0.1, -0.05) is 6.08 Å². The van der Waals surface area contributed by atoms with Crippen molar-refractivity contribution in [3.05, 3.63) is 23.6 Å². The fourth-order valence-electron chi connectivity index (χ4n) is 1.24. The second-order valence-corrected chi connectivity index (χ2v) is 2.95. The Labute approximate surface area is 83.4 Å². The van der Waals surface area contributed by atoms with Gasteiger partial charge in [-0.05, 0) is 13.0 Å². The summed E-state index contributed by atoms with van der Waals surface area (Å²) in [6.45, 7) is 2.24. The smallest absolute Gasteiger partial charge is 0.230 e. The first-order chi connectivity index (χ1) is 6.70. The molecule has 1 rings (SSSR count). The van der Waals surface area contributed by atoms with Gasteiger partial charge in [0.2, 0.25) is 5.91 Å². The molecule has 0 aromatic carbocycles. The minimum atomic E-state index is -0.0250.